The van der Waals surface area contributed by atoms with Crippen molar-refractivity contribution in [3.05, 3.63) is 46.7 Å². The van der Waals surface area contributed by atoms with Crippen LogP contribution in [0.5, 0.6) is 0 Å². The van der Waals surface area contributed by atoms with Crippen LogP contribution < -0.4 is 5.32 Å². The fourth-order valence-electron chi connectivity index (χ4n) is 1.92. The van der Waals surface area contributed by atoms with Crippen LogP contribution in [-0.4, -0.2) is 23.0 Å². The number of rotatable bonds is 3. The van der Waals surface area contributed by atoms with Crippen LogP contribution in [0.2, 0.25) is 5.15 Å². The van der Waals surface area contributed by atoms with Crippen molar-refractivity contribution in [1.29, 1.82) is 0 Å². The second kappa shape index (κ2) is 5.67. The molecule has 1 N–H and O–H groups in total. The van der Waals surface area contributed by atoms with Gasteiger partial charge in [-0.15, -0.1) is 0 Å². The number of carbonyl (C=O) groups is 1. The Balaban J connectivity index is 1.98. The minimum atomic E-state index is -0.493. The Morgan fingerprint density at radius 3 is 3.05 bits per heavy atom. The molecule has 0 aliphatic heterocycles. The number of nitrogens with one attached hydrogen (secondary N) is 1. The summed E-state index contributed by atoms with van der Waals surface area (Å²) in [6.07, 6.45) is 3.51. The standard InChI is InChI=1S/C14H10ClN3O2S/c1-20-13(19)11-12(15)18-14(21-11)17-10-4-2-3-8-7-16-6-5-9(8)10/h2-7H,1H3,(H,17,18). The van der Waals surface area contributed by atoms with Crippen LogP contribution in [0, 0.1) is 0 Å². The Morgan fingerprint density at radius 1 is 1.38 bits per heavy atom. The van der Waals surface area contributed by atoms with Crippen molar-refractivity contribution >= 4 is 50.5 Å². The quantitative estimate of drug-likeness (QED) is 0.742. The van der Waals surface area contributed by atoms with Crippen LogP contribution in [0.15, 0.2) is 36.7 Å². The van der Waals surface area contributed by atoms with E-state index < -0.39 is 5.97 Å². The van der Waals surface area contributed by atoms with Crippen LogP contribution in [0.3, 0.4) is 0 Å². The highest BCUT2D eigenvalue weighted by Crippen LogP contribution is 2.32. The highest BCUT2D eigenvalue weighted by Gasteiger charge is 2.17. The highest BCUT2D eigenvalue weighted by molar-refractivity contribution is 7.18. The molecule has 0 atom stereocenters. The fraction of sp³-hybridized carbons (Fsp3) is 0.0714. The van der Waals surface area contributed by atoms with Gasteiger partial charge in [-0.3, -0.25) is 4.98 Å². The van der Waals surface area contributed by atoms with E-state index in [1.165, 1.54) is 7.11 Å². The van der Waals surface area contributed by atoms with Gasteiger partial charge in [-0.25, -0.2) is 9.78 Å². The Kier molecular flexibility index (Phi) is 3.72. The molecule has 21 heavy (non-hydrogen) atoms. The zero-order valence-corrected chi connectivity index (χ0v) is 12.5. The monoisotopic (exact) mass is 319 g/mol. The van der Waals surface area contributed by atoms with Crippen molar-refractivity contribution in [3.8, 4) is 0 Å². The molecule has 3 rings (SSSR count). The molecule has 0 bridgehead atoms. The molecule has 3 aromatic rings. The summed E-state index contributed by atoms with van der Waals surface area (Å²) in [5.41, 5.74) is 0.872. The first-order valence-electron chi connectivity index (χ1n) is 6.03. The summed E-state index contributed by atoms with van der Waals surface area (Å²) in [6.45, 7) is 0. The number of hydrogen-bond donors (Lipinski definition) is 1. The van der Waals surface area contributed by atoms with E-state index in [-0.39, 0.29) is 10.0 Å². The molecular weight excluding hydrogens is 310 g/mol. The molecule has 0 saturated carbocycles. The van der Waals surface area contributed by atoms with Crippen molar-refractivity contribution in [2.75, 3.05) is 12.4 Å². The first-order chi connectivity index (χ1) is 10.2. The average molecular weight is 320 g/mol. The number of anilines is 2. The molecule has 7 heteroatoms. The van der Waals surface area contributed by atoms with E-state index in [4.69, 9.17) is 11.6 Å². The van der Waals surface area contributed by atoms with Crippen LogP contribution in [-0.2, 0) is 4.74 Å². The number of ether oxygens (including phenoxy) is 1. The van der Waals surface area contributed by atoms with E-state index in [2.05, 4.69) is 20.0 Å². The minimum absolute atomic E-state index is 0.135. The number of hydrogen-bond acceptors (Lipinski definition) is 6. The minimum Gasteiger partial charge on any atom is -0.465 e. The molecule has 5 nitrogen and oxygen atoms in total. The van der Waals surface area contributed by atoms with Gasteiger partial charge in [0.15, 0.2) is 15.2 Å². The molecular formula is C14H10ClN3O2S. The van der Waals surface area contributed by atoms with Crippen molar-refractivity contribution < 1.29 is 9.53 Å². The highest BCUT2D eigenvalue weighted by atomic mass is 35.5. The van der Waals surface area contributed by atoms with Crippen molar-refractivity contribution in [3.63, 3.8) is 0 Å². The summed E-state index contributed by atoms with van der Waals surface area (Å²) in [7, 11) is 1.31. The summed E-state index contributed by atoms with van der Waals surface area (Å²) >= 11 is 7.10. The first-order valence-corrected chi connectivity index (χ1v) is 7.23. The average Bonchev–Trinajstić information content (AvgIpc) is 2.87. The number of benzene rings is 1. The number of esters is 1. The molecule has 106 valence electrons. The third kappa shape index (κ3) is 2.68. The number of carbonyl (C=O) groups excluding carboxylic acids is 1. The second-order valence-electron chi connectivity index (χ2n) is 4.16. The van der Waals surface area contributed by atoms with Crippen molar-refractivity contribution in [1.82, 2.24) is 9.97 Å². The van der Waals surface area contributed by atoms with Gasteiger partial charge in [-0.05, 0) is 12.1 Å². The van der Waals surface area contributed by atoms with Gasteiger partial charge in [0.1, 0.15) is 0 Å². The van der Waals surface area contributed by atoms with Crippen molar-refractivity contribution in [2.24, 2.45) is 0 Å². The Morgan fingerprint density at radius 2 is 2.24 bits per heavy atom. The lowest BCUT2D eigenvalue weighted by Gasteiger charge is -2.06. The summed E-state index contributed by atoms with van der Waals surface area (Å²) in [4.78, 5) is 20.0. The SMILES string of the molecule is COC(=O)c1sc(Nc2cccc3cnccc23)nc1Cl. The maximum absolute atomic E-state index is 11.5. The fourth-order valence-corrected chi connectivity index (χ4v) is 3.04. The number of fused-ring (bicyclic) bond motifs is 1. The predicted octanol–water partition coefficient (Wildman–Crippen LogP) is 3.87. The van der Waals surface area contributed by atoms with E-state index in [1.54, 1.807) is 12.4 Å². The van der Waals surface area contributed by atoms with E-state index in [0.29, 0.717) is 5.13 Å². The second-order valence-corrected chi connectivity index (χ2v) is 5.52. The van der Waals surface area contributed by atoms with E-state index in [1.807, 2.05) is 24.3 Å². The van der Waals surface area contributed by atoms with E-state index >= 15 is 0 Å². The Bertz CT molecular complexity index is 814. The zero-order valence-electron chi connectivity index (χ0n) is 11.0. The molecule has 0 fully saturated rings. The Hall–Kier alpha value is -2.18. The number of aromatic nitrogens is 2. The number of nitrogens with zero attached hydrogens (tertiary/aromatic N) is 2. The molecule has 0 aliphatic rings. The van der Waals surface area contributed by atoms with Crippen molar-refractivity contribution in [2.45, 2.75) is 0 Å². The van der Waals surface area contributed by atoms with Gasteiger partial charge in [0, 0.05) is 28.9 Å². The molecule has 0 amide bonds. The zero-order chi connectivity index (χ0) is 14.8. The lowest BCUT2D eigenvalue weighted by Crippen LogP contribution is -1.98. The smallest absolute Gasteiger partial charge is 0.351 e. The third-order valence-electron chi connectivity index (χ3n) is 2.88. The molecule has 0 saturated heterocycles. The number of thiazole rings is 1. The number of methoxy groups -OCH3 is 1. The van der Waals surface area contributed by atoms with E-state index in [9.17, 15) is 4.79 Å². The Labute approximate surface area is 129 Å². The molecule has 0 unspecified atom stereocenters. The van der Waals surface area contributed by atoms with Crippen LogP contribution in [0.1, 0.15) is 9.67 Å². The van der Waals surface area contributed by atoms with Crippen LogP contribution >= 0.6 is 22.9 Å². The molecule has 0 aliphatic carbocycles. The number of halogens is 1. The molecule has 1 aromatic carbocycles. The van der Waals surface area contributed by atoms with Gasteiger partial charge in [-0.2, -0.15) is 0 Å². The van der Waals surface area contributed by atoms with Crippen LogP contribution in [0.4, 0.5) is 10.8 Å². The van der Waals surface area contributed by atoms with Gasteiger partial charge in [0.25, 0.3) is 0 Å². The molecule has 2 heterocycles. The largest absolute Gasteiger partial charge is 0.465 e. The van der Waals surface area contributed by atoms with Gasteiger partial charge in [0.05, 0.1) is 7.11 Å². The lowest BCUT2D eigenvalue weighted by atomic mass is 10.1. The first kappa shape index (κ1) is 13.8. The molecule has 2 aromatic heterocycles. The predicted molar refractivity (Wildman–Crippen MR) is 83.5 cm³/mol. The lowest BCUT2D eigenvalue weighted by molar-refractivity contribution is 0.0606. The number of pyridine rings is 1. The van der Waals surface area contributed by atoms with E-state index in [0.717, 1.165) is 27.8 Å². The molecule has 0 spiro atoms. The molecule has 0 radical (unpaired) electrons. The summed E-state index contributed by atoms with van der Waals surface area (Å²) in [6, 6.07) is 7.73. The third-order valence-corrected chi connectivity index (χ3v) is 4.22. The van der Waals surface area contributed by atoms with Crippen LogP contribution in [0.25, 0.3) is 10.8 Å². The summed E-state index contributed by atoms with van der Waals surface area (Å²) in [5.74, 6) is -0.493. The topological polar surface area (TPSA) is 64.1 Å². The maximum Gasteiger partial charge on any atom is 0.351 e. The van der Waals surface area contributed by atoms with Gasteiger partial charge in [0.2, 0.25) is 0 Å². The van der Waals surface area contributed by atoms with Gasteiger partial charge < -0.3 is 10.1 Å². The van der Waals surface area contributed by atoms with Gasteiger partial charge >= 0.3 is 5.97 Å². The normalized spacial score (nSPS) is 10.6. The summed E-state index contributed by atoms with van der Waals surface area (Å²) in [5, 5.41) is 5.87. The summed E-state index contributed by atoms with van der Waals surface area (Å²) < 4.78 is 4.66. The van der Waals surface area contributed by atoms with Gasteiger partial charge in [-0.1, -0.05) is 35.1 Å². The maximum atomic E-state index is 11.5.